The molecule has 0 aliphatic rings. The van der Waals surface area contributed by atoms with Crippen molar-refractivity contribution in [3.8, 4) is 0 Å². The third-order valence-electron chi connectivity index (χ3n) is 5.00. The van der Waals surface area contributed by atoms with E-state index in [4.69, 9.17) is 14.2 Å². The predicted molar refractivity (Wildman–Crippen MR) is 118 cm³/mol. The molecule has 0 radical (unpaired) electrons. The van der Waals surface area contributed by atoms with Crippen LogP contribution in [0.1, 0.15) is 117 Å². The van der Waals surface area contributed by atoms with Gasteiger partial charge in [0.1, 0.15) is 13.2 Å². The lowest BCUT2D eigenvalue weighted by Gasteiger charge is -2.13. The molecule has 29 heavy (non-hydrogen) atoms. The first-order chi connectivity index (χ1) is 14.1. The standard InChI is InChI=1S/C24H46O5/c1-4-6-8-10-11-12-13-14-15-17-19-28-23(25)20-27-21-24(26)29-22(3)18-16-9-7-5-2/h22H,4-21H2,1-3H3. The fourth-order valence-electron chi connectivity index (χ4n) is 3.21. The smallest absolute Gasteiger partial charge is 0.332 e. The van der Waals surface area contributed by atoms with Gasteiger partial charge in [-0.15, -0.1) is 0 Å². The Morgan fingerprint density at radius 3 is 1.72 bits per heavy atom. The molecule has 0 saturated carbocycles. The Balaban J connectivity index is 3.41. The minimum atomic E-state index is -0.421. The molecule has 0 aliphatic carbocycles. The molecule has 5 heteroatoms. The van der Waals surface area contributed by atoms with E-state index in [9.17, 15) is 9.59 Å². The summed E-state index contributed by atoms with van der Waals surface area (Å²) in [5.74, 6) is -0.836. The van der Waals surface area contributed by atoms with Crippen LogP contribution in [0.5, 0.6) is 0 Å². The van der Waals surface area contributed by atoms with E-state index in [0.29, 0.717) is 6.61 Å². The SMILES string of the molecule is CCCCCCCCCCCCOC(=O)COCC(=O)OC(C)CCCCCC. The van der Waals surface area contributed by atoms with Crippen LogP contribution in [0.4, 0.5) is 0 Å². The molecule has 0 heterocycles. The zero-order valence-electron chi connectivity index (χ0n) is 19.3. The summed E-state index contributed by atoms with van der Waals surface area (Å²) in [6.07, 6.45) is 17.9. The normalized spacial score (nSPS) is 12.0. The van der Waals surface area contributed by atoms with Crippen LogP contribution in [0.3, 0.4) is 0 Å². The van der Waals surface area contributed by atoms with Crippen LogP contribution in [0.15, 0.2) is 0 Å². The molecular weight excluding hydrogens is 368 g/mol. The van der Waals surface area contributed by atoms with Crippen LogP contribution >= 0.6 is 0 Å². The highest BCUT2D eigenvalue weighted by atomic mass is 16.6. The molecule has 5 nitrogen and oxygen atoms in total. The molecule has 172 valence electrons. The van der Waals surface area contributed by atoms with Gasteiger partial charge in [0.05, 0.1) is 12.7 Å². The lowest BCUT2D eigenvalue weighted by atomic mass is 10.1. The summed E-state index contributed by atoms with van der Waals surface area (Å²) in [6.45, 7) is 6.33. The van der Waals surface area contributed by atoms with E-state index in [2.05, 4.69) is 13.8 Å². The Bertz CT molecular complexity index is 383. The van der Waals surface area contributed by atoms with Gasteiger partial charge in [-0.05, 0) is 26.2 Å². The molecule has 0 amide bonds. The Kier molecular flexibility index (Phi) is 20.8. The quantitative estimate of drug-likeness (QED) is 0.161. The zero-order valence-corrected chi connectivity index (χ0v) is 19.3. The molecule has 0 aromatic rings. The lowest BCUT2D eigenvalue weighted by Crippen LogP contribution is -2.22. The van der Waals surface area contributed by atoms with Crippen molar-refractivity contribution in [1.82, 2.24) is 0 Å². The number of hydrogen-bond donors (Lipinski definition) is 0. The van der Waals surface area contributed by atoms with Gasteiger partial charge in [0.2, 0.25) is 0 Å². The summed E-state index contributed by atoms with van der Waals surface area (Å²) >= 11 is 0. The summed E-state index contributed by atoms with van der Waals surface area (Å²) in [5.41, 5.74) is 0. The largest absolute Gasteiger partial charge is 0.464 e. The van der Waals surface area contributed by atoms with E-state index in [1.165, 1.54) is 70.6 Å². The highest BCUT2D eigenvalue weighted by molar-refractivity contribution is 5.73. The first-order valence-corrected chi connectivity index (χ1v) is 12.0. The summed E-state index contributed by atoms with van der Waals surface area (Å²) in [5, 5.41) is 0. The third-order valence-corrected chi connectivity index (χ3v) is 5.00. The highest BCUT2D eigenvalue weighted by Gasteiger charge is 2.11. The number of esters is 2. The van der Waals surface area contributed by atoms with Gasteiger partial charge in [-0.25, -0.2) is 9.59 Å². The van der Waals surface area contributed by atoms with Crippen LogP contribution in [0.25, 0.3) is 0 Å². The Labute approximate surface area is 179 Å². The number of hydrogen-bond acceptors (Lipinski definition) is 5. The van der Waals surface area contributed by atoms with E-state index >= 15 is 0 Å². The topological polar surface area (TPSA) is 61.8 Å². The van der Waals surface area contributed by atoms with E-state index in [1.807, 2.05) is 6.92 Å². The average molecular weight is 415 g/mol. The van der Waals surface area contributed by atoms with Crippen molar-refractivity contribution in [3.05, 3.63) is 0 Å². The maximum atomic E-state index is 11.7. The molecule has 0 fully saturated rings. The second-order valence-corrected chi connectivity index (χ2v) is 8.05. The molecule has 0 rings (SSSR count). The lowest BCUT2D eigenvalue weighted by molar-refractivity contribution is -0.158. The molecule has 0 saturated heterocycles. The Morgan fingerprint density at radius 1 is 0.655 bits per heavy atom. The van der Waals surface area contributed by atoms with E-state index in [1.54, 1.807) is 0 Å². The Hall–Kier alpha value is -1.10. The van der Waals surface area contributed by atoms with Crippen LogP contribution in [-0.4, -0.2) is 37.9 Å². The molecular formula is C24H46O5. The van der Waals surface area contributed by atoms with E-state index in [0.717, 1.165) is 25.7 Å². The summed E-state index contributed by atoms with van der Waals surface area (Å²) in [4.78, 5) is 23.3. The third kappa shape index (κ3) is 21.4. The van der Waals surface area contributed by atoms with Crippen molar-refractivity contribution >= 4 is 11.9 Å². The fourth-order valence-corrected chi connectivity index (χ4v) is 3.21. The summed E-state index contributed by atoms with van der Waals surface area (Å²) in [6, 6.07) is 0. The van der Waals surface area contributed by atoms with Gasteiger partial charge in [-0.1, -0.05) is 90.9 Å². The van der Waals surface area contributed by atoms with Gasteiger partial charge in [-0.3, -0.25) is 0 Å². The highest BCUT2D eigenvalue weighted by Crippen LogP contribution is 2.10. The minimum absolute atomic E-state index is 0.105. The summed E-state index contributed by atoms with van der Waals surface area (Å²) in [7, 11) is 0. The summed E-state index contributed by atoms with van der Waals surface area (Å²) < 4.78 is 15.5. The predicted octanol–water partition coefficient (Wildman–Crippen LogP) is 6.37. The van der Waals surface area contributed by atoms with Crippen molar-refractivity contribution in [1.29, 1.82) is 0 Å². The van der Waals surface area contributed by atoms with Crippen LogP contribution < -0.4 is 0 Å². The molecule has 0 aromatic carbocycles. The first-order valence-electron chi connectivity index (χ1n) is 12.0. The van der Waals surface area contributed by atoms with Crippen LogP contribution in [0, 0.1) is 0 Å². The number of rotatable bonds is 21. The van der Waals surface area contributed by atoms with E-state index < -0.39 is 11.9 Å². The number of carbonyl (C=O) groups is 2. The molecule has 0 aromatic heterocycles. The molecule has 0 bridgehead atoms. The van der Waals surface area contributed by atoms with Gasteiger partial charge in [-0.2, -0.15) is 0 Å². The Morgan fingerprint density at radius 2 is 1.14 bits per heavy atom. The van der Waals surface area contributed by atoms with Crippen molar-refractivity contribution in [3.63, 3.8) is 0 Å². The van der Waals surface area contributed by atoms with Crippen molar-refractivity contribution < 1.29 is 23.8 Å². The second kappa shape index (κ2) is 21.6. The van der Waals surface area contributed by atoms with Gasteiger partial charge in [0.15, 0.2) is 0 Å². The van der Waals surface area contributed by atoms with E-state index in [-0.39, 0.29) is 19.3 Å². The van der Waals surface area contributed by atoms with Gasteiger partial charge < -0.3 is 14.2 Å². The average Bonchev–Trinajstić information content (AvgIpc) is 2.69. The van der Waals surface area contributed by atoms with Crippen LogP contribution in [0.2, 0.25) is 0 Å². The molecule has 1 atom stereocenters. The fraction of sp³-hybridized carbons (Fsp3) is 0.917. The van der Waals surface area contributed by atoms with Gasteiger partial charge >= 0.3 is 11.9 Å². The zero-order chi connectivity index (χ0) is 21.6. The monoisotopic (exact) mass is 414 g/mol. The van der Waals surface area contributed by atoms with Crippen molar-refractivity contribution in [2.24, 2.45) is 0 Å². The van der Waals surface area contributed by atoms with Gasteiger partial charge in [0.25, 0.3) is 0 Å². The van der Waals surface area contributed by atoms with Crippen molar-refractivity contribution in [2.45, 2.75) is 123 Å². The first kappa shape index (κ1) is 27.9. The maximum absolute atomic E-state index is 11.7. The maximum Gasteiger partial charge on any atom is 0.332 e. The molecule has 1 unspecified atom stereocenters. The minimum Gasteiger partial charge on any atom is -0.464 e. The molecule has 0 N–H and O–H groups in total. The second-order valence-electron chi connectivity index (χ2n) is 8.05. The number of carbonyl (C=O) groups excluding carboxylic acids is 2. The van der Waals surface area contributed by atoms with Crippen molar-refractivity contribution in [2.75, 3.05) is 19.8 Å². The molecule has 0 aliphatic heterocycles. The van der Waals surface area contributed by atoms with Gasteiger partial charge in [0, 0.05) is 0 Å². The van der Waals surface area contributed by atoms with Crippen LogP contribution in [-0.2, 0) is 23.8 Å². The molecule has 0 spiro atoms. The number of ether oxygens (including phenoxy) is 3. The number of unbranched alkanes of at least 4 members (excludes halogenated alkanes) is 12.